The lowest BCUT2D eigenvalue weighted by Gasteiger charge is -2.29. The van der Waals surface area contributed by atoms with E-state index in [2.05, 4.69) is 10.6 Å². The van der Waals surface area contributed by atoms with Gasteiger partial charge in [0, 0.05) is 12.0 Å². The molecule has 0 radical (unpaired) electrons. The quantitative estimate of drug-likeness (QED) is 0.650. The molecule has 3 nitrogen and oxygen atoms in total. The Kier molecular flexibility index (Phi) is 6.14. The van der Waals surface area contributed by atoms with Crippen molar-refractivity contribution in [2.24, 2.45) is 5.41 Å². The van der Waals surface area contributed by atoms with Gasteiger partial charge in [0.2, 0.25) is 9.70 Å². The molecule has 2 N–H and O–H groups in total. The van der Waals surface area contributed by atoms with Crippen LogP contribution in [0.15, 0.2) is 30.3 Å². The molecule has 0 spiro atoms. The largest absolute Gasteiger partial charge is 0.336 e. The first-order valence-electron chi connectivity index (χ1n) is 6.25. The summed E-state index contributed by atoms with van der Waals surface area (Å²) in [6.07, 6.45) is -0.764. The number of halogens is 3. The van der Waals surface area contributed by atoms with Crippen LogP contribution < -0.4 is 10.6 Å². The van der Waals surface area contributed by atoms with E-state index in [1.165, 1.54) is 0 Å². The van der Waals surface area contributed by atoms with E-state index < -0.39 is 15.4 Å². The number of amides is 1. The third-order valence-corrected chi connectivity index (χ3v) is 3.29. The number of rotatable bonds is 4. The maximum absolute atomic E-state index is 12.0. The topological polar surface area (TPSA) is 41.1 Å². The Hall–Kier alpha value is -0.480. The van der Waals surface area contributed by atoms with Crippen LogP contribution in [0.1, 0.15) is 26.3 Å². The summed E-state index contributed by atoms with van der Waals surface area (Å²) in [4.78, 5) is 12.0. The van der Waals surface area contributed by atoms with Gasteiger partial charge in [-0.2, -0.15) is 0 Å². The summed E-state index contributed by atoms with van der Waals surface area (Å²) in [5, 5.41) is 5.77. The number of hydrogen-bond donors (Lipinski definition) is 2. The fourth-order valence-electron chi connectivity index (χ4n) is 1.41. The van der Waals surface area contributed by atoms with Crippen LogP contribution in [0.2, 0.25) is 0 Å². The Labute approximate surface area is 135 Å². The van der Waals surface area contributed by atoms with Crippen LogP contribution in [0.4, 0.5) is 0 Å². The molecule has 0 fully saturated rings. The standard InChI is InChI=1S/C14H19Cl3N2O/c1-13(2,3)12(20)19-11(14(15,16)17)18-9-10-7-5-4-6-8-10/h4-8,11,18H,9H2,1-3H3,(H,19,20)/t11-/m1/s1. The molecule has 0 aliphatic carbocycles. The van der Waals surface area contributed by atoms with Gasteiger partial charge in [-0.1, -0.05) is 85.9 Å². The SMILES string of the molecule is CC(C)(C)C(=O)N[C@@H](NCc1ccccc1)C(Cl)(Cl)Cl. The molecular weight excluding hydrogens is 319 g/mol. The molecule has 0 saturated carbocycles. The molecule has 0 aliphatic heterocycles. The van der Waals surface area contributed by atoms with Crippen molar-refractivity contribution in [1.29, 1.82) is 0 Å². The molecule has 0 unspecified atom stereocenters. The lowest BCUT2D eigenvalue weighted by molar-refractivity contribution is -0.129. The van der Waals surface area contributed by atoms with E-state index in [0.717, 1.165) is 5.56 Å². The number of nitrogens with one attached hydrogen (secondary N) is 2. The average molecular weight is 338 g/mol. The molecule has 1 amide bonds. The number of benzene rings is 1. The molecule has 0 aliphatic rings. The van der Waals surface area contributed by atoms with Crippen molar-refractivity contribution in [2.75, 3.05) is 0 Å². The number of carbonyl (C=O) groups excluding carboxylic acids is 1. The van der Waals surface area contributed by atoms with Gasteiger partial charge in [-0.05, 0) is 5.56 Å². The van der Waals surface area contributed by atoms with Crippen molar-refractivity contribution in [1.82, 2.24) is 10.6 Å². The molecule has 6 heteroatoms. The normalized spacial score (nSPS) is 13.9. The minimum Gasteiger partial charge on any atom is -0.336 e. The van der Waals surface area contributed by atoms with Gasteiger partial charge in [0.1, 0.15) is 6.17 Å². The second-order valence-corrected chi connectivity index (χ2v) is 7.93. The first-order chi connectivity index (χ1) is 9.10. The zero-order chi connectivity index (χ0) is 15.4. The van der Waals surface area contributed by atoms with E-state index in [9.17, 15) is 4.79 Å². The van der Waals surface area contributed by atoms with E-state index in [0.29, 0.717) is 6.54 Å². The van der Waals surface area contributed by atoms with Crippen LogP contribution in [0.25, 0.3) is 0 Å². The summed E-state index contributed by atoms with van der Waals surface area (Å²) in [5.41, 5.74) is 0.486. The van der Waals surface area contributed by atoms with E-state index >= 15 is 0 Å². The Bertz CT molecular complexity index is 438. The third-order valence-electron chi connectivity index (χ3n) is 2.64. The molecule has 1 aromatic carbocycles. The highest BCUT2D eigenvalue weighted by Crippen LogP contribution is 2.30. The highest BCUT2D eigenvalue weighted by Gasteiger charge is 2.35. The third kappa shape index (κ3) is 5.88. The van der Waals surface area contributed by atoms with Crippen LogP contribution in [0.3, 0.4) is 0 Å². The molecule has 0 heterocycles. The van der Waals surface area contributed by atoms with Crippen molar-refractivity contribution >= 4 is 40.7 Å². The lowest BCUT2D eigenvalue weighted by atomic mass is 9.95. The van der Waals surface area contributed by atoms with Crippen LogP contribution >= 0.6 is 34.8 Å². The fraction of sp³-hybridized carbons (Fsp3) is 0.500. The second kappa shape index (κ2) is 6.99. The van der Waals surface area contributed by atoms with Crippen molar-refractivity contribution in [3.8, 4) is 0 Å². The predicted octanol–water partition coefficient (Wildman–Crippen LogP) is 3.63. The summed E-state index contributed by atoms with van der Waals surface area (Å²) in [6.45, 7) is 5.89. The van der Waals surface area contributed by atoms with E-state index in [4.69, 9.17) is 34.8 Å². The van der Waals surface area contributed by atoms with Crippen molar-refractivity contribution in [2.45, 2.75) is 37.3 Å². The summed E-state index contributed by atoms with van der Waals surface area (Å²) in [6, 6.07) is 9.68. The zero-order valence-corrected chi connectivity index (χ0v) is 14.0. The van der Waals surface area contributed by atoms with Gasteiger partial charge in [0.15, 0.2) is 0 Å². The highest BCUT2D eigenvalue weighted by molar-refractivity contribution is 6.68. The summed E-state index contributed by atoms with van der Waals surface area (Å²) < 4.78 is -1.63. The Morgan fingerprint density at radius 3 is 2.15 bits per heavy atom. The number of hydrogen-bond acceptors (Lipinski definition) is 2. The molecule has 0 bridgehead atoms. The molecule has 1 aromatic rings. The van der Waals surface area contributed by atoms with E-state index in [-0.39, 0.29) is 5.91 Å². The molecule has 0 aromatic heterocycles. The Balaban J connectivity index is 2.69. The van der Waals surface area contributed by atoms with Gasteiger partial charge in [-0.3, -0.25) is 10.1 Å². The molecule has 0 saturated heterocycles. The van der Waals surface area contributed by atoms with Crippen LogP contribution in [0.5, 0.6) is 0 Å². The summed E-state index contributed by atoms with van der Waals surface area (Å²) in [7, 11) is 0. The van der Waals surface area contributed by atoms with Crippen LogP contribution in [-0.4, -0.2) is 15.9 Å². The lowest BCUT2D eigenvalue weighted by Crippen LogP contribution is -2.55. The van der Waals surface area contributed by atoms with Gasteiger partial charge >= 0.3 is 0 Å². The molecule has 1 atom stereocenters. The first-order valence-corrected chi connectivity index (χ1v) is 7.39. The second-order valence-electron chi connectivity index (χ2n) is 5.56. The number of carbonyl (C=O) groups is 1. The minimum atomic E-state index is -1.63. The smallest absolute Gasteiger partial charge is 0.226 e. The van der Waals surface area contributed by atoms with E-state index in [1.54, 1.807) is 20.8 Å². The van der Waals surface area contributed by atoms with Gasteiger partial charge in [-0.15, -0.1) is 0 Å². The van der Waals surface area contributed by atoms with Gasteiger partial charge < -0.3 is 5.32 Å². The molecule has 112 valence electrons. The van der Waals surface area contributed by atoms with Crippen molar-refractivity contribution in [3.63, 3.8) is 0 Å². The maximum atomic E-state index is 12.0. The Morgan fingerprint density at radius 2 is 1.70 bits per heavy atom. The first kappa shape index (κ1) is 17.6. The zero-order valence-electron chi connectivity index (χ0n) is 11.7. The molecule has 20 heavy (non-hydrogen) atoms. The van der Waals surface area contributed by atoms with Gasteiger partial charge in [0.25, 0.3) is 0 Å². The maximum Gasteiger partial charge on any atom is 0.226 e. The fourth-order valence-corrected chi connectivity index (χ4v) is 1.81. The van der Waals surface area contributed by atoms with Gasteiger partial charge in [0.05, 0.1) is 0 Å². The van der Waals surface area contributed by atoms with Crippen LogP contribution in [0, 0.1) is 5.41 Å². The predicted molar refractivity (Wildman–Crippen MR) is 85.0 cm³/mol. The average Bonchev–Trinajstić information content (AvgIpc) is 2.32. The summed E-state index contributed by atoms with van der Waals surface area (Å²) >= 11 is 17.7. The minimum absolute atomic E-state index is 0.186. The highest BCUT2D eigenvalue weighted by atomic mass is 35.6. The van der Waals surface area contributed by atoms with Crippen LogP contribution in [-0.2, 0) is 11.3 Å². The van der Waals surface area contributed by atoms with Gasteiger partial charge in [-0.25, -0.2) is 0 Å². The summed E-state index contributed by atoms with van der Waals surface area (Å²) in [5.74, 6) is -0.186. The van der Waals surface area contributed by atoms with Crippen molar-refractivity contribution in [3.05, 3.63) is 35.9 Å². The molecule has 1 rings (SSSR count). The Morgan fingerprint density at radius 1 is 1.15 bits per heavy atom. The molecular formula is C14H19Cl3N2O. The van der Waals surface area contributed by atoms with E-state index in [1.807, 2.05) is 30.3 Å². The van der Waals surface area contributed by atoms with Crippen molar-refractivity contribution < 1.29 is 4.79 Å². The number of alkyl halides is 3. The monoisotopic (exact) mass is 336 g/mol.